The maximum atomic E-state index is 11.9. The highest BCUT2D eigenvalue weighted by atomic mass is 16.4. The summed E-state index contributed by atoms with van der Waals surface area (Å²) in [6, 6.07) is 5.98. The summed E-state index contributed by atoms with van der Waals surface area (Å²) in [7, 11) is 1.73. The Kier molecular flexibility index (Phi) is 6.03. The molecular weight excluding hydrogens is 256 g/mol. The maximum absolute atomic E-state index is 11.9. The summed E-state index contributed by atoms with van der Waals surface area (Å²) in [4.78, 5) is 23.8. The van der Waals surface area contributed by atoms with Crippen LogP contribution >= 0.6 is 0 Å². The number of urea groups is 1. The number of carbonyl (C=O) groups excluding carboxylic acids is 1. The third kappa shape index (κ3) is 5.30. The van der Waals surface area contributed by atoms with E-state index >= 15 is 0 Å². The van der Waals surface area contributed by atoms with Gasteiger partial charge in [0.05, 0.1) is 0 Å². The highest BCUT2D eigenvalue weighted by Crippen LogP contribution is 2.12. The summed E-state index contributed by atoms with van der Waals surface area (Å²) in [5.41, 5.74) is 3.44. The lowest BCUT2D eigenvalue weighted by molar-refractivity contribution is -0.137. The molecule has 0 saturated heterocycles. The molecule has 0 bridgehead atoms. The van der Waals surface area contributed by atoms with E-state index < -0.39 is 5.97 Å². The number of nitrogens with one attached hydrogen (secondary N) is 1. The van der Waals surface area contributed by atoms with Crippen LogP contribution in [0, 0.1) is 13.8 Å². The van der Waals surface area contributed by atoms with Gasteiger partial charge in [-0.2, -0.15) is 0 Å². The van der Waals surface area contributed by atoms with Crippen LogP contribution in [-0.2, 0) is 11.3 Å². The van der Waals surface area contributed by atoms with Crippen molar-refractivity contribution in [2.24, 2.45) is 0 Å². The molecule has 5 nitrogen and oxygen atoms in total. The summed E-state index contributed by atoms with van der Waals surface area (Å²) < 4.78 is 0. The zero-order valence-corrected chi connectivity index (χ0v) is 12.3. The van der Waals surface area contributed by atoms with Gasteiger partial charge in [0.2, 0.25) is 0 Å². The number of carboxylic acid groups (broad SMARTS) is 1. The first-order valence-electron chi connectivity index (χ1n) is 6.67. The molecule has 0 atom stereocenters. The molecule has 110 valence electrons. The van der Waals surface area contributed by atoms with Crippen LogP contribution in [0.2, 0.25) is 0 Å². The van der Waals surface area contributed by atoms with Crippen LogP contribution in [0.15, 0.2) is 18.2 Å². The molecule has 0 aromatic heterocycles. The number of benzene rings is 1. The molecule has 0 unspecified atom stereocenters. The molecular formula is C15H22N2O3. The second-order valence-electron chi connectivity index (χ2n) is 5.02. The van der Waals surface area contributed by atoms with E-state index in [9.17, 15) is 9.59 Å². The van der Waals surface area contributed by atoms with Crippen molar-refractivity contribution in [3.63, 3.8) is 0 Å². The van der Waals surface area contributed by atoms with Crippen LogP contribution in [0.5, 0.6) is 0 Å². The van der Waals surface area contributed by atoms with E-state index in [0.29, 0.717) is 19.5 Å². The van der Waals surface area contributed by atoms with Crippen LogP contribution in [0.1, 0.15) is 29.5 Å². The fourth-order valence-corrected chi connectivity index (χ4v) is 1.87. The van der Waals surface area contributed by atoms with Crippen molar-refractivity contribution in [3.8, 4) is 0 Å². The second-order valence-corrected chi connectivity index (χ2v) is 5.02. The fourth-order valence-electron chi connectivity index (χ4n) is 1.87. The lowest BCUT2D eigenvalue weighted by Crippen LogP contribution is -2.37. The summed E-state index contributed by atoms with van der Waals surface area (Å²) in [6.07, 6.45) is 0.513. The van der Waals surface area contributed by atoms with E-state index in [1.54, 1.807) is 11.9 Å². The first-order chi connectivity index (χ1) is 9.40. The number of nitrogens with zero attached hydrogens (tertiary/aromatic N) is 1. The molecule has 0 heterocycles. The van der Waals surface area contributed by atoms with Crippen molar-refractivity contribution in [2.45, 2.75) is 33.2 Å². The normalized spacial score (nSPS) is 10.2. The summed E-state index contributed by atoms with van der Waals surface area (Å²) >= 11 is 0. The van der Waals surface area contributed by atoms with Crippen LogP contribution in [0.25, 0.3) is 0 Å². The molecule has 0 saturated carbocycles. The number of rotatable bonds is 6. The van der Waals surface area contributed by atoms with Crippen LogP contribution in [0.4, 0.5) is 4.79 Å². The van der Waals surface area contributed by atoms with Crippen molar-refractivity contribution in [1.82, 2.24) is 10.2 Å². The number of hydrogen-bond donors (Lipinski definition) is 2. The van der Waals surface area contributed by atoms with Crippen LogP contribution in [-0.4, -0.2) is 35.6 Å². The molecule has 0 radical (unpaired) electrons. The molecule has 2 amide bonds. The van der Waals surface area contributed by atoms with Crippen LogP contribution in [0.3, 0.4) is 0 Å². The highest BCUT2D eigenvalue weighted by Gasteiger charge is 2.10. The molecule has 1 aromatic carbocycles. The Morgan fingerprint density at radius 3 is 2.65 bits per heavy atom. The van der Waals surface area contributed by atoms with Crippen molar-refractivity contribution >= 4 is 12.0 Å². The third-order valence-corrected chi connectivity index (χ3v) is 3.10. The van der Waals surface area contributed by atoms with Gasteiger partial charge in [0.1, 0.15) is 0 Å². The Hall–Kier alpha value is -2.04. The molecule has 0 fully saturated rings. The minimum atomic E-state index is -0.844. The molecule has 2 N–H and O–H groups in total. The minimum Gasteiger partial charge on any atom is -0.481 e. The van der Waals surface area contributed by atoms with E-state index in [4.69, 9.17) is 5.11 Å². The molecule has 1 aromatic rings. The summed E-state index contributed by atoms with van der Waals surface area (Å²) in [6.45, 7) is 4.96. The lowest BCUT2D eigenvalue weighted by Gasteiger charge is -2.19. The van der Waals surface area contributed by atoms with E-state index in [1.165, 1.54) is 5.56 Å². The number of carbonyl (C=O) groups is 2. The Labute approximate surface area is 119 Å². The fraction of sp³-hybridized carbons (Fsp3) is 0.467. The lowest BCUT2D eigenvalue weighted by atomic mass is 10.1. The van der Waals surface area contributed by atoms with E-state index in [2.05, 4.69) is 11.4 Å². The highest BCUT2D eigenvalue weighted by molar-refractivity contribution is 5.74. The monoisotopic (exact) mass is 278 g/mol. The average molecular weight is 278 g/mol. The van der Waals surface area contributed by atoms with Gasteiger partial charge < -0.3 is 15.3 Å². The Morgan fingerprint density at radius 2 is 2.00 bits per heavy atom. The van der Waals surface area contributed by atoms with E-state index in [0.717, 1.165) is 11.1 Å². The topological polar surface area (TPSA) is 69.6 Å². The molecule has 20 heavy (non-hydrogen) atoms. The molecule has 0 aliphatic rings. The Morgan fingerprint density at radius 1 is 1.30 bits per heavy atom. The summed E-state index contributed by atoms with van der Waals surface area (Å²) in [5, 5.41) is 11.2. The Balaban J connectivity index is 2.45. The largest absolute Gasteiger partial charge is 0.481 e. The van der Waals surface area contributed by atoms with Gasteiger partial charge in [0.15, 0.2) is 0 Å². The van der Waals surface area contributed by atoms with E-state index in [-0.39, 0.29) is 12.5 Å². The number of hydrogen-bond acceptors (Lipinski definition) is 2. The van der Waals surface area contributed by atoms with Gasteiger partial charge in [-0.25, -0.2) is 4.79 Å². The number of aliphatic carboxylic acids is 1. The van der Waals surface area contributed by atoms with Crippen LogP contribution < -0.4 is 5.32 Å². The third-order valence-electron chi connectivity index (χ3n) is 3.10. The molecule has 0 spiro atoms. The number of aryl methyl sites for hydroxylation is 2. The predicted molar refractivity (Wildman–Crippen MR) is 77.7 cm³/mol. The zero-order chi connectivity index (χ0) is 15.1. The van der Waals surface area contributed by atoms with Gasteiger partial charge in [-0.1, -0.05) is 23.8 Å². The zero-order valence-electron chi connectivity index (χ0n) is 12.3. The van der Waals surface area contributed by atoms with Gasteiger partial charge >= 0.3 is 12.0 Å². The standard InChI is InChI=1S/C15H22N2O3/c1-11-6-7-12(2)13(9-11)10-17(3)15(20)16-8-4-5-14(18)19/h6-7,9H,4-5,8,10H2,1-3H3,(H,16,20)(H,18,19). The smallest absolute Gasteiger partial charge is 0.317 e. The van der Waals surface area contributed by atoms with Gasteiger partial charge in [-0.05, 0) is 31.4 Å². The molecule has 1 rings (SSSR count). The second kappa shape index (κ2) is 7.53. The average Bonchev–Trinajstić information content (AvgIpc) is 2.38. The molecule has 5 heteroatoms. The predicted octanol–water partition coefficient (Wildman–Crippen LogP) is 2.31. The quantitative estimate of drug-likeness (QED) is 0.784. The van der Waals surface area contributed by atoms with Gasteiger partial charge in [0, 0.05) is 26.6 Å². The Bertz CT molecular complexity index is 486. The minimum absolute atomic E-state index is 0.0704. The number of carboxylic acids is 1. The SMILES string of the molecule is Cc1ccc(C)c(CN(C)C(=O)NCCCC(=O)O)c1. The van der Waals surface area contributed by atoms with E-state index in [1.807, 2.05) is 26.0 Å². The van der Waals surface area contributed by atoms with Crippen molar-refractivity contribution in [3.05, 3.63) is 34.9 Å². The van der Waals surface area contributed by atoms with Crippen molar-refractivity contribution in [1.29, 1.82) is 0 Å². The summed E-state index contributed by atoms with van der Waals surface area (Å²) in [5.74, 6) is -0.844. The van der Waals surface area contributed by atoms with Crippen molar-refractivity contribution < 1.29 is 14.7 Å². The first-order valence-corrected chi connectivity index (χ1v) is 6.67. The number of amides is 2. The maximum Gasteiger partial charge on any atom is 0.317 e. The van der Waals surface area contributed by atoms with Gasteiger partial charge in [-0.3, -0.25) is 4.79 Å². The van der Waals surface area contributed by atoms with Gasteiger partial charge in [-0.15, -0.1) is 0 Å². The first kappa shape index (κ1) is 16.0. The van der Waals surface area contributed by atoms with Crippen molar-refractivity contribution in [2.75, 3.05) is 13.6 Å². The van der Waals surface area contributed by atoms with Gasteiger partial charge in [0.25, 0.3) is 0 Å². The molecule has 0 aliphatic heterocycles. The molecule has 0 aliphatic carbocycles.